The highest BCUT2D eigenvalue weighted by Crippen LogP contribution is 2.29. The van der Waals surface area contributed by atoms with Gasteiger partial charge in [-0.3, -0.25) is 4.79 Å². The van der Waals surface area contributed by atoms with Gasteiger partial charge < -0.3 is 14.8 Å². The molecule has 0 aromatic heterocycles. The summed E-state index contributed by atoms with van der Waals surface area (Å²) >= 11 is 5.87. The molecule has 3 rings (SSSR count). The number of rotatable bonds is 9. The molecule has 0 bridgehead atoms. The van der Waals surface area contributed by atoms with Crippen molar-refractivity contribution < 1.29 is 27.1 Å². The predicted octanol–water partition coefficient (Wildman–Crippen LogP) is 4.33. The van der Waals surface area contributed by atoms with Crippen LogP contribution in [0.2, 0.25) is 5.02 Å². The second kappa shape index (κ2) is 10.7. The summed E-state index contributed by atoms with van der Waals surface area (Å²) in [6, 6.07) is 16.1. The van der Waals surface area contributed by atoms with Crippen molar-refractivity contribution in [3.8, 4) is 11.5 Å². The van der Waals surface area contributed by atoms with Gasteiger partial charge in [0.25, 0.3) is 0 Å². The first-order valence-electron chi connectivity index (χ1n) is 9.75. The van der Waals surface area contributed by atoms with Crippen LogP contribution in [-0.4, -0.2) is 39.4 Å². The van der Waals surface area contributed by atoms with Crippen molar-refractivity contribution in [2.24, 2.45) is 0 Å². The molecule has 0 radical (unpaired) electrons. The SMILES string of the molecule is COc1ccc(NC(=O)CN(Cc2ccccc2F)S(=O)(=O)c2ccc(Cl)cc2)c(OC)c1. The highest BCUT2D eigenvalue weighted by molar-refractivity contribution is 7.89. The van der Waals surface area contributed by atoms with E-state index in [1.807, 2.05) is 0 Å². The minimum Gasteiger partial charge on any atom is -0.497 e. The van der Waals surface area contributed by atoms with Crippen LogP contribution in [0.4, 0.5) is 10.1 Å². The Kier molecular flexibility index (Phi) is 7.91. The van der Waals surface area contributed by atoms with Crippen molar-refractivity contribution >= 4 is 33.2 Å². The number of carbonyl (C=O) groups excluding carboxylic acids is 1. The summed E-state index contributed by atoms with van der Waals surface area (Å²) in [5.41, 5.74) is 0.461. The van der Waals surface area contributed by atoms with Gasteiger partial charge in [-0.1, -0.05) is 29.8 Å². The molecule has 33 heavy (non-hydrogen) atoms. The van der Waals surface area contributed by atoms with Crippen LogP contribution < -0.4 is 14.8 Å². The van der Waals surface area contributed by atoms with Crippen molar-refractivity contribution in [3.05, 3.63) is 83.1 Å². The fraction of sp³-hybridized carbons (Fsp3) is 0.174. The first-order valence-corrected chi connectivity index (χ1v) is 11.6. The second-order valence-corrected chi connectivity index (χ2v) is 9.31. The van der Waals surface area contributed by atoms with E-state index in [1.54, 1.807) is 24.3 Å². The molecule has 10 heteroatoms. The van der Waals surface area contributed by atoms with E-state index in [-0.39, 0.29) is 17.0 Å². The Bertz CT molecular complexity index is 1240. The summed E-state index contributed by atoms with van der Waals surface area (Å²) in [7, 11) is -1.22. The molecular formula is C23H22ClFN2O5S. The maximum atomic E-state index is 14.3. The minimum atomic E-state index is -4.15. The van der Waals surface area contributed by atoms with Gasteiger partial charge in [0.05, 0.1) is 31.3 Å². The number of methoxy groups -OCH3 is 2. The molecule has 0 heterocycles. The fourth-order valence-corrected chi connectivity index (χ4v) is 4.55. The topological polar surface area (TPSA) is 84.9 Å². The van der Waals surface area contributed by atoms with Gasteiger partial charge in [0.2, 0.25) is 15.9 Å². The second-order valence-electron chi connectivity index (χ2n) is 6.93. The molecule has 7 nitrogen and oxygen atoms in total. The quantitative estimate of drug-likeness (QED) is 0.480. The molecule has 3 aromatic carbocycles. The number of ether oxygens (including phenoxy) is 2. The molecule has 1 N–H and O–H groups in total. The van der Waals surface area contributed by atoms with E-state index in [1.165, 1.54) is 56.7 Å². The Hall–Kier alpha value is -3.14. The smallest absolute Gasteiger partial charge is 0.243 e. The monoisotopic (exact) mass is 492 g/mol. The molecule has 3 aromatic rings. The third kappa shape index (κ3) is 6.01. The molecule has 0 saturated carbocycles. The van der Waals surface area contributed by atoms with Crippen LogP contribution in [0.1, 0.15) is 5.56 Å². The Balaban J connectivity index is 1.90. The molecule has 0 unspecified atom stereocenters. The molecule has 0 fully saturated rings. The van der Waals surface area contributed by atoms with Crippen LogP contribution in [0.5, 0.6) is 11.5 Å². The molecule has 0 saturated heterocycles. The third-order valence-electron chi connectivity index (χ3n) is 4.76. The zero-order chi connectivity index (χ0) is 24.0. The number of hydrogen-bond donors (Lipinski definition) is 1. The lowest BCUT2D eigenvalue weighted by atomic mass is 10.2. The average molecular weight is 493 g/mol. The highest BCUT2D eigenvalue weighted by atomic mass is 35.5. The zero-order valence-electron chi connectivity index (χ0n) is 17.9. The van der Waals surface area contributed by atoms with Crippen molar-refractivity contribution in [2.45, 2.75) is 11.4 Å². The first kappa shape index (κ1) is 24.5. The van der Waals surface area contributed by atoms with E-state index in [4.69, 9.17) is 21.1 Å². The number of amides is 1. The number of nitrogens with one attached hydrogen (secondary N) is 1. The van der Waals surface area contributed by atoms with Gasteiger partial charge in [0.1, 0.15) is 17.3 Å². The van der Waals surface area contributed by atoms with Crippen molar-refractivity contribution in [1.82, 2.24) is 4.31 Å². The summed E-state index contributed by atoms with van der Waals surface area (Å²) < 4.78 is 52.2. The van der Waals surface area contributed by atoms with Crippen LogP contribution >= 0.6 is 11.6 Å². The standard InChI is InChI=1S/C23H22ClFN2O5S/c1-31-18-9-12-21(22(13-18)32-2)26-23(28)15-27(14-16-5-3-4-6-20(16)25)33(29,30)19-10-7-17(24)8-11-19/h3-13H,14-15H2,1-2H3,(H,26,28). The molecule has 0 atom stereocenters. The molecule has 0 aliphatic carbocycles. The number of hydrogen-bond acceptors (Lipinski definition) is 5. The van der Waals surface area contributed by atoms with E-state index >= 15 is 0 Å². The van der Waals surface area contributed by atoms with Crippen LogP contribution in [0.3, 0.4) is 0 Å². The van der Waals surface area contributed by atoms with Crippen LogP contribution in [-0.2, 0) is 21.4 Å². The molecular weight excluding hydrogens is 471 g/mol. The molecule has 1 amide bonds. The van der Waals surface area contributed by atoms with E-state index in [0.29, 0.717) is 22.2 Å². The van der Waals surface area contributed by atoms with Crippen LogP contribution in [0.25, 0.3) is 0 Å². The number of anilines is 1. The van der Waals surface area contributed by atoms with E-state index in [2.05, 4.69) is 5.32 Å². The summed E-state index contributed by atoms with van der Waals surface area (Å²) in [5, 5.41) is 3.00. The third-order valence-corrected chi connectivity index (χ3v) is 6.82. The Labute approximate surface area is 196 Å². The molecule has 174 valence electrons. The minimum absolute atomic E-state index is 0.0712. The molecule has 0 spiro atoms. The van der Waals surface area contributed by atoms with E-state index < -0.39 is 28.3 Å². The van der Waals surface area contributed by atoms with E-state index in [0.717, 1.165) is 4.31 Å². The van der Waals surface area contributed by atoms with Gasteiger partial charge >= 0.3 is 0 Å². The number of nitrogens with zero attached hydrogens (tertiary/aromatic N) is 1. The summed E-state index contributed by atoms with van der Waals surface area (Å²) in [6.45, 7) is -0.903. The van der Waals surface area contributed by atoms with Gasteiger partial charge in [-0.25, -0.2) is 12.8 Å². The van der Waals surface area contributed by atoms with Gasteiger partial charge in [0.15, 0.2) is 0 Å². The molecule has 0 aliphatic heterocycles. The van der Waals surface area contributed by atoms with Gasteiger partial charge in [0, 0.05) is 23.2 Å². The highest BCUT2D eigenvalue weighted by Gasteiger charge is 2.28. The lowest BCUT2D eigenvalue weighted by Gasteiger charge is -2.22. The Morgan fingerprint density at radius 3 is 2.36 bits per heavy atom. The van der Waals surface area contributed by atoms with Crippen molar-refractivity contribution in [2.75, 3.05) is 26.1 Å². The Morgan fingerprint density at radius 1 is 1.03 bits per heavy atom. The molecule has 0 aliphatic rings. The summed E-state index contributed by atoms with van der Waals surface area (Å²) in [5.74, 6) is -0.348. The number of benzene rings is 3. The van der Waals surface area contributed by atoms with Gasteiger partial charge in [-0.2, -0.15) is 4.31 Å². The Morgan fingerprint density at radius 2 is 1.73 bits per heavy atom. The lowest BCUT2D eigenvalue weighted by Crippen LogP contribution is -2.37. The largest absolute Gasteiger partial charge is 0.497 e. The maximum Gasteiger partial charge on any atom is 0.243 e. The van der Waals surface area contributed by atoms with E-state index in [9.17, 15) is 17.6 Å². The zero-order valence-corrected chi connectivity index (χ0v) is 19.5. The first-order chi connectivity index (χ1) is 15.7. The normalized spacial score (nSPS) is 11.3. The van der Waals surface area contributed by atoms with Crippen LogP contribution in [0, 0.1) is 5.82 Å². The van der Waals surface area contributed by atoms with Gasteiger partial charge in [-0.15, -0.1) is 0 Å². The van der Waals surface area contributed by atoms with Crippen LogP contribution in [0.15, 0.2) is 71.6 Å². The summed E-state index contributed by atoms with van der Waals surface area (Å²) in [6.07, 6.45) is 0. The maximum absolute atomic E-state index is 14.3. The fourth-order valence-electron chi connectivity index (χ4n) is 3.05. The summed E-state index contributed by atoms with van der Waals surface area (Å²) in [4.78, 5) is 12.8. The van der Waals surface area contributed by atoms with Gasteiger partial charge in [-0.05, 0) is 42.5 Å². The number of halogens is 2. The average Bonchev–Trinajstić information content (AvgIpc) is 2.80. The lowest BCUT2D eigenvalue weighted by molar-refractivity contribution is -0.116. The van der Waals surface area contributed by atoms with Crippen molar-refractivity contribution in [3.63, 3.8) is 0 Å². The predicted molar refractivity (Wildman–Crippen MR) is 124 cm³/mol. The number of sulfonamides is 1. The number of carbonyl (C=O) groups is 1. The van der Waals surface area contributed by atoms with Crippen molar-refractivity contribution in [1.29, 1.82) is 0 Å².